The Labute approximate surface area is 129 Å². The summed E-state index contributed by atoms with van der Waals surface area (Å²) < 4.78 is 0. The predicted octanol–water partition coefficient (Wildman–Crippen LogP) is 1.42. The highest BCUT2D eigenvalue weighted by atomic mass is 32.1. The van der Waals surface area contributed by atoms with E-state index in [0.717, 1.165) is 12.8 Å². The maximum atomic E-state index is 12.2. The minimum absolute atomic E-state index is 0.0493. The van der Waals surface area contributed by atoms with Crippen molar-refractivity contribution in [1.29, 1.82) is 0 Å². The van der Waals surface area contributed by atoms with Crippen LogP contribution in [0.4, 0.5) is 0 Å². The third-order valence-electron chi connectivity index (χ3n) is 4.37. The highest BCUT2D eigenvalue weighted by molar-refractivity contribution is 7.08. The van der Waals surface area contributed by atoms with E-state index >= 15 is 0 Å². The summed E-state index contributed by atoms with van der Waals surface area (Å²) in [7, 11) is 5.94. The summed E-state index contributed by atoms with van der Waals surface area (Å²) in [5.41, 5.74) is 0.723. The van der Waals surface area contributed by atoms with Gasteiger partial charge in [0.15, 0.2) is 0 Å². The van der Waals surface area contributed by atoms with Gasteiger partial charge in [0.25, 0.3) is 5.91 Å². The summed E-state index contributed by atoms with van der Waals surface area (Å²) >= 11 is 1.47. The Hall–Kier alpha value is -1.40. The first-order valence-corrected chi connectivity index (χ1v) is 8.11. The minimum atomic E-state index is -0.191. The molecule has 0 atom stereocenters. The molecule has 2 rings (SSSR count). The van der Waals surface area contributed by atoms with Crippen LogP contribution in [0.25, 0.3) is 0 Å². The lowest BCUT2D eigenvalue weighted by Gasteiger charge is -2.49. The van der Waals surface area contributed by atoms with Crippen molar-refractivity contribution in [3.05, 3.63) is 22.4 Å². The lowest BCUT2D eigenvalue weighted by molar-refractivity contribution is -0.131. The summed E-state index contributed by atoms with van der Waals surface area (Å²) in [5, 5.41) is 6.30. The van der Waals surface area contributed by atoms with Gasteiger partial charge < -0.3 is 15.1 Å². The van der Waals surface area contributed by atoms with Gasteiger partial charge in [-0.15, -0.1) is 0 Å². The largest absolute Gasteiger partial charge is 0.343 e. The smallest absolute Gasteiger partial charge is 0.252 e. The predicted molar refractivity (Wildman–Crippen MR) is 84.6 cm³/mol. The Kier molecular flexibility index (Phi) is 5.00. The third-order valence-corrected chi connectivity index (χ3v) is 5.06. The molecular formula is C15H23N3O2S. The fourth-order valence-corrected chi connectivity index (χ4v) is 3.28. The number of amides is 2. The van der Waals surface area contributed by atoms with Crippen LogP contribution < -0.4 is 5.32 Å². The number of nitrogens with one attached hydrogen (secondary N) is 1. The van der Waals surface area contributed by atoms with Gasteiger partial charge in [-0.1, -0.05) is 0 Å². The lowest BCUT2D eigenvalue weighted by atomic mass is 9.75. The fraction of sp³-hybridized carbons (Fsp3) is 0.600. The van der Waals surface area contributed by atoms with Crippen molar-refractivity contribution in [2.75, 3.05) is 34.2 Å². The average Bonchev–Trinajstić information content (AvgIpc) is 2.93. The van der Waals surface area contributed by atoms with Crippen LogP contribution >= 0.6 is 11.3 Å². The number of rotatable bonds is 6. The molecule has 1 aliphatic rings. The Morgan fingerprint density at radius 3 is 2.52 bits per heavy atom. The SMILES string of the molecule is CN(CC1(N(C)C)CCC1)C(=O)CNC(=O)c1ccsc1. The molecule has 0 spiro atoms. The first kappa shape index (κ1) is 16.0. The van der Waals surface area contributed by atoms with E-state index in [1.165, 1.54) is 17.8 Å². The number of hydrogen-bond acceptors (Lipinski definition) is 4. The molecule has 1 heterocycles. The molecule has 0 unspecified atom stereocenters. The van der Waals surface area contributed by atoms with Gasteiger partial charge in [0.1, 0.15) is 0 Å². The Morgan fingerprint density at radius 2 is 2.05 bits per heavy atom. The maximum absolute atomic E-state index is 12.2. The zero-order chi connectivity index (χ0) is 15.5. The van der Waals surface area contributed by atoms with Gasteiger partial charge in [-0.05, 0) is 44.8 Å². The molecule has 1 aromatic rings. The number of thiophene rings is 1. The van der Waals surface area contributed by atoms with Crippen LogP contribution in [0.15, 0.2) is 16.8 Å². The molecule has 1 saturated carbocycles. The molecule has 0 saturated heterocycles. The van der Waals surface area contributed by atoms with Crippen molar-refractivity contribution in [2.24, 2.45) is 0 Å². The molecule has 0 aliphatic heterocycles. The van der Waals surface area contributed by atoms with Crippen molar-refractivity contribution in [3.63, 3.8) is 0 Å². The second-order valence-electron chi connectivity index (χ2n) is 5.92. The van der Waals surface area contributed by atoms with E-state index in [1.807, 2.05) is 12.4 Å². The molecule has 1 N–H and O–H groups in total. The van der Waals surface area contributed by atoms with Gasteiger partial charge >= 0.3 is 0 Å². The Balaban J connectivity index is 1.81. The van der Waals surface area contributed by atoms with E-state index in [4.69, 9.17) is 0 Å². The zero-order valence-electron chi connectivity index (χ0n) is 12.9. The third kappa shape index (κ3) is 3.63. The van der Waals surface area contributed by atoms with Crippen LogP contribution in [0.5, 0.6) is 0 Å². The molecule has 0 aromatic carbocycles. The van der Waals surface area contributed by atoms with E-state index in [1.54, 1.807) is 16.3 Å². The topological polar surface area (TPSA) is 52.6 Å². The summed E-state index contributed by atoms with van der Waals surface area (Å²) in [5.74, 6) is -0.240. The standard InChI is InChI=1S/C15H23N3O2S/c1-17(2)15(6-4-7-15)11-18(3)13(19)9-16-14(20)12-5-8-21-10-12/h5,8,10H,4,6-7,9,11H2,1-3H3,(H,16,20). The summed E-state index contributed by atoms with van der Waals surface area (Å²) in [6, 6.07) is 1.75. The first-order valence-electron chi connectivity index (χ1n) is 7.16. The molecule has 116 valence electrons. The number of likely N-dealkylation sites (N-methyl/N-ethyl adjacent to an activating group) is 2. The van der Waals surface area contributed by atoms with Crippen molar-refractivity contribution in [3.8, 4) is 0 Å². The van der Waals surface area contributed by atoms with Gasteiger partial charge in [0.05, 0.1) is 6.54 Å². The zero-order valence-corrected chi connectivity index (χ0v) is 13.7. The van der Waals surface area contributed by atoms with Gasteiger partial charge in [-0.3, -0.25) is 9.59 Å². The van der Waals surface area contributed by atoms with Gasteiger partial charge in [0, 0.05) is 30.1 Å². The van der Waals surface area contributed by atoms with Crippen LogP contribution in [0.2, 0.25) is 0 Å². The van der Waals surface area contributed by atoms with E-state index in [0.29, 0.717) is 12.1 Å². The molecule has 2 amide bonds. The first-order chi connectivity index (χ1) is 9.94. The van der Waals surface area contributed by atoms with Crippen molar-refractivity contribution in [1.82, 2.24) is 15.1 Å². The monoisotopic (exact) mass is 309 g/mol. The summed E-state index contributed by atoms with van der Waals surface area (Å²) in [6.07, 6.45) is 3.47. The van der Waals surface area contributed by atoms with E-state index < -0.39 is 0 Å². The number of carbonyl (C=O) groups is 2. The van der Waals surface area contributed by atoms with Crippen molar-refractivity contribution < 1.29 is 9.59 Å². The van der Waals surface area contributed by atoms with Gasteiger partial charge in [0.2, 0.25) is 5.91 Å². The van der Waals surface area contributed by atoms with Crippen LogP contribution in [-0.4, -0.2) is 61.4 Å². The number of carbonyl (C=O) groups excluding carboxylic acids is 2. The summed E-state index contributed by atoms with van der Waals surface area (Å²) in [4.78, 5) is 27.9. The van der Waals surface area contributed by atoms with Gasteiger partial charge in [-0.25, -0.2) is 0 Å². The number of nitrogens with zero attached hydrogens (tertiary/aromatic N) is 2. The van der Waals surface area contributed by atoms with Crippen molar-refractivity contribution in [2.45, 2.75) is 24.8 Å². The molecule has 1 fully saturated rings. The lowest BCUT2D eigenvalue weighted by Crippen LogP contribution is -2.58. The quantitative estimate of drug-likeness (QED) is 0.865. The Morgan fingerprint density at radius 1 is 1.33 bits per heavy atom. The summed E-state index contributed by atoms with van der Waals surface area (Å²) in [6.45, 7) is 0.766. The minimum Gasteiger partial charge on any atom is -0.343 e. The van der Waals surface area contributed by atoms with E-state index in [9.17, 15) is 9.59 Å². The fourth-order valence-electron chi connectivity index (χ4n) is 2.65. The van der Waals surface area contributed by atoms with Crippen LogP contribution in [0, 0.1) is 0 Å². The molecule has 1 aliphatic carbocycles. The molecule has 21 heavy (non-hydrogen) atoms. The maximum Gasteiger partial charge on any atom is 0.252 e. The van der Waals surface area contributed by atoms with Gasteiger partial charge in [-0.2, -0.15) is 11.3 Å². The molecular weight excluding hydrogens is 286 g/mol. The second kappa shape index (κ2) is 6.58. The second-order valence-corrected chi connectivity index (χ2v) is 6.70. The van der Waals surface area contributed by atoms with E-state index in [2.05, 4.69) is 24.3 Å². The average molecular weight is 309 g/mol. The van der Waals surface area contributed by atoms with Crippen LogP contribution in [0.3, 0.4) is 0 Å². The number of hydrogen-bond donors (Lipinski definition) is 1. The van der Waals surface area contributed by atoms with Crippen LogP contribution in [0.1, 0.15) is 29.6 Å². The van der Waals surface area contributed by atoms with E-state index in [-0.39, 0.29) is 23.9 Å². The highest BCUT2D eigenvalue weighted by Crippen LogP contribution is 2.36. The normalized spacial score (nSPS) is 16.4. The highest BCUT2D eigenvalue weighted by Gasteiger charge is 2.40. The molecule has 0 bridgehead atoms. The molecule has 6 heteroatoms. The molecule has 0 radical (unpaired) electrons. The Bertz CT molecular complexity index is 495. The van der Waals surface area contributed by atoms with Crippen molar-refractivity contribution >= 4 is 23.2 Å². The molecule has 5 nitrogen and oxygen atoms in total. The van der Waals surface area contributed by atoms with Crippen LogP contribution in [-0.2, 0) is 4.79 Å². The molecule has 1 aromatic heterocycles.